The standard InChI is InChI=1S/C27H27Cl2N5O3S/c1-17(2)24(26(30)35)31-27(33-38(36,37)22-14-12-21(29)13-15-22)34-16-23(18-6-4-3-5-7-18)25(32-34)19-8-10-20(28)11-9-19/h3-15,17,23-24H,16H2,1-2H3,(H2,30,35)(H,31,33). The molecule has 1 amide bonds. The number of sulfonamides is 1. The van der Waals surface area contributed by atoms with E-state index in [0.29, 0.717) is 15.8 Å². The highest BCUT2D eigenvalue weighted by Crippen LogP contribution is 2.30. The lowest BCUT2D eigenvalue weighted by atomic mass is 9.91. The number of primary amides is 1. The Kier molecular flexibility index (Phi) is 8.40. The predicted molar refractivity (Wildman–Crippen MR) is 151 cm³/mol. The van der Waals surface area contributed by atoms with Crippen LogP contribution in [-0.4, -0.2) is 43.6 Å². The van der Waals surface area contributed by atoms with E-state index in [1.807, 2.05) is 42.5 Å². The molecule has 0 aliphatic carbocycles. The number of hydrazone groups is 1. The first kappa shape index (κ1) is 27.6. The van der Waals surface area contributed by atoms with Gasteiger partial charge >= 0.3 is 0 Å². The molecular formula is C27H27Cl2N5O3S. The second-order valence-corrected chi connectivity index (χ2v) is 11.6. The summed E-state index contributed by atoms with van der Waals surface area (Å²) in [5.74, 6) is -1.21. The van der Waals surface area contributed by atoms with Gasteiger partial charge in [-0.3, -0.25) is 4.79 Å². The lowest BCUT2D eigenvalue weighted by Crippen LogP contribution is -2.52. The molecule has 11 heteroatoms. The third kappa shape index (κ3) is 6.35. The van der Waals surface area contributed by atoms with Crippen LogP contribution >= 0.6 is 23.2 Å². The van der Waals surface area contributed by atoms with Gasteiger partial charge in [0.05, 0.1) is 17.2 Å². The molecule has 2 atom stereocenters. The zero-order valence-corrected chi connectivity index (χ0v) is 23.1. The maximum absolute atomic E-state index is 13.3. The Bertz CT molecular complexity index is 1460. The monoisotopic (exact) mass is 571 g/mol. The van der Waals surface area contributed by atoms with Crippen molar-refractivity contribution in [2.75, 3.05) is 6.54 Å². The van der Waals surface area contributed by atoms with Crippen LogP contribution in [0.5, 0.6) is 0 Å². The van der Waals surface area contributed by atoms with Crippen LogP contribution in [0.15, 0.2) is 93.3 Å². The Morgan fingerprint density at radius 2 is 1.58 bits per heavy atom. The zero-order valence-electron chi connectivity index (χ0n) is 20.8. The minimum absolute atomic E-state index is 0.0536. The first-order chi connectivity index (χ1) is 18.0. The second kappa shape index (κ2) is 11.6. The summed E-state index contributed by atoms with van der Waals surface area (Å²) in [5, 5.41) is 10.2. The Balaban J connectivity index is 1.82. The Morgan fingerprint density at radius 3 is 2.13 bits per heavy atom. The number of hydrogen-bond acceptors (Lipinski definition) is 4. The molecule has 198 valence electrons. The smallest absolute Gasteiger partial charge is 0.285 e. The first-order valence-electron chi connectivity index (χ1n) is 11.9. The van der Waals surface area contributed by atoms with Crippen molar-refractivity contribution in [2.24, 2.45) is 21.2 Å². The maximum Gasteiger partial charge on any atom is 0.285 e. The number of benzene rings is 3. The van der Waals surface area contributed by atoms with E-state index in [1.54, 1.807) is 26.0 Å². The van der Waals surface area contributed by atoms with Crippen molar-refractivity contribution < 1.29 is 13.2 Å². The molecule has 2 unspecified atom stereocenters. The number of carbonyl (C=O) groups excluding carboxylic acids is 1. The van der Waals surface area contributed by atoms with Crippen molar-refractivity contribution in [2.45, 2.75) is 30.7 Å². The van der Waals surface area contributed by atoms with Gasteiger partial charge in [0.2, 0.25) is 11.9 Å². The fourth-order valence-electron chi connectivity index (χ4n) is 4.09. The lowest BCUT2D eigenvalue weighted by molar-refractivity contribution is -0.120. The van der Waals surface area contributed by atoms with Gasteiger partial charge in [-0.1, -0.05) is 79.5 Å². The molecule has 0 saturated carbocycles. The van der Waals surface area contributed by atoms with E-state index in [0.717, 1.165) is 11.1 Å². The van der Waals surface area contributed by atoms with Crippen molar-refractivity contribution >= 4 is 50.8 Å². The van der Waals surface area contributed by atoms with Crippen molar-refractivity contribution in [1.29, 1.82) is 0 Å². The van der Waals surface area contributed by atoms with E-state index in [4.69, 9.17) is 34.0 Å². The SMILES string of the molecule is CC(C)C(N/C(=N/S(=O)(=O)c1ccc(Cl)cc1)N1CC(c2ccccc2)C(c2ccc(Cl)cc2)=N1)C(N)=O. The van der Waals surface area contributed by atoms with E-state index in [-0.39, 0.29) is 29.2 Å². The molecule has 4 rings (SSSR count). The topological polar surface area (TPSA) is 117 Å². The molecule has 38 heavy (non-hydrogen) atoms. The summed E-state index contributed by atoms with van der Waals surface area (Å²) in [5.41, 5.74) is 8.15. The number of rotatable bonds is 7. The molecular weight excluding hydrogens is 545 g/mol. The van der Waals surface area contributed by atoms with Gasteiger partial charge in [0.15, 0.2) is 0 Å². The number of guanidine groups is 1. The molecule has 3 aromatic carbocycles. The third-order valence-electron chi connectivity index (χ3n) is 6.08. The van der Waals surface area contributed by atoms with Crippen LogP contribution in [0, 0.1) is 5.92 Å². The van der Waals surface area contributed by atoms with Crippen LogP contribution in [-0.2, 0) is 14.8 Å². The molecule has 0 bridgehead atoms. The molecule has 0 spiro atoms. The molecule has 1 aliphatic rings. The first-order valence-corrected chi connectivity index (χ1v) is 14.1. The molecule has 3 aromatic rings. The van der Waals surface area contributed by atoms with Gasteiger partial charge < -0.3 is 11.1 Å². The van der Waals surface area contributed by atoms with Crippen LogP contribution in [0.2, 0.25) is 10.0 Å². The largest absolute Gasteiger partial charge is 0.368 e. The van der Waals surface area contributed by atoms with Crippen LogP contribution in [0.4, 0.5) is 0 Å². The van der Waals surface area contributed by atoms with Gasteiger partial charge in [0.25, 0.3) is 10.0 Å². The van der Waals surface area contributed by atoms with Crippen LogP contribution < -0.4 is 11.1 Å². The number of nitrogens with one attached hydrogen (secondary N) is 1. The fraction of sp³-hybridized carbons (Fsp3) is 0.222. The maximum atomic E-state index is 13.3. The average molecular weight is 573 g/mol. The average Bonchev–Trinajstić information content (AvgIpc) is 3.33. The van der Waals surface area contributed by atoms with Crippen molar-refractivity contribution in [3.63, 3.8) is 0 Å². The lowest BCUT2D eigenvalue weighted by Gasteiger charge is -2.25. The van der Waals surface area contributed by atoms with Crippen molar-refractivity contribution in [3.05, 3.63) is 100 Å². The summed E-state index contributed by atoms with van der Waals surface area (Å²) in [6.45, 7) is 3.87. The Hall–Kier alpha value is -3.40. The zero-order chi connectivity index (χ0) is 27.4. The molecule has 0 saturated heterocycles. The number of halogens is 2. The number of amides is 1. The summed E-state index contributed by atoms with van der Waals surface area (Å²) in [7, 11) is -4.19. The highest BCUT2D eigenvalue weighted by molar-refractivity contribution is 7.90. The summed E-state index contributed by atoms with van der Waals surface area (Å²) in [4.78, 5) is 12.2. The Morgan fingerprint density at radius 1 is 1.00 bits per heavy atom. The summed E-state index contributed by atoms with van der Waals surface area (Å²) >= 11 is 12.0. The minimum Gasteiger partial charge on any atom is -0.368 e. The van der Waals surface area contributed by atoms with Crippen LogP contribution in [0.25, 0.3) is 0 Å². The molecule has 8 nitrogen and oxygen atoms in total. The molecule has 0 fully saturated rings. The Labute approximate surface area is 232 Å². The molecule has 0 radical (unpaired) electrons. The van der Waals surface area contributed by atoms with E-state index in [9.17, 15) is 13.2 Å². The van der Waals surface area contributed by atoms with Crippen molar-refractivity contribution in [3.8, 4) is 0 Å². The van der Waals surface area contributed by atoms with Gasteiger partial charge in [0.1, 0.15) is 6.04 Å². The van der Waals surface area contributed by atoms with Gasteiger partial charge in [-0.15, -0.1) is 4.40 Å². The molecule has 1 aliphatic heterocycles. The predicted octanol–water partition coefficient (Wildman–Crippen LogP) is 4.64. The summed E-state index contributed by atoms with van der Waals surface area (Å²) < 4.78 is 30.7. The summed E-state index contributed by atoms with van der Waals surface area (Å²) in [6.07, 6.45) is 0. The quantitative estimate of drug-likeness (QED) is 0.316. The normalized spacial score (nSPS) is 16.9. The fourth-order valence-corrected chi connectivity index (χ4v) is 5.30. The van der Waals surface area contributed by atoms with E-state index in [2.05, 4.69) is 9.71 Å². The molecule has 0 aromatic heterocycles. The van der Waals surface area contributed by atoms with Gasteiger partial charge in [0, 0.05) is 16.0 Å². The van der Waals surface area contributed by atoms with Gasteiger partial charge in [-0.05, 0) is 53.4 Å². The van der Waals surface area contributed by atoms with Crippen molar-refractivity contribution in [1.82, 2.24) is 10.3 Å². The number of nitrogens with zero attached hydrogens (tertiary/aromatic N) is 3. The minimum atomic E-state index is -4.19. The van der Waals surface area contributed by atoms with Gasteiger partial charge in [-0.25, -0.2) is 5.01 Å². The summed E-state index contributed by atoms with van der Waals surface area (Å²) in [6, 6.07) is 21.8. The molecule has 1 heterocycles. The number of hydrogen-bond donors (Lipinski definition) is 2. The highest BCUT2D eigenvalue weighted by Gasteiger charge is 2.34. The van der Waals surface area contributed by atoms with Gasteiger partial charge in [-0.2, -0.15) is 13.5 Å². The highest BCUT2D eigenvalue weighted by atomic mass is 35.5. The van der Waals surface area contributed by atoms with Crippen LogP contribution in [0.3, 0.4) is 0 Å². The molecule has 3 N–H and O–H groups in total. The van der Waals surface area contributed by atoms with E-state index < -0.39 is 22.0 Å². The van der Waals surface area contributed by atoms with Crippen LogP contribution in [0.1, 0.15) is 30.9 Å². The van der Waals surface area contributed by atoms with E-state index in [1.165, 1.54) is 29.3 Å². The second-order valence-electron chi connectivity index (χ2n) is 9.15. The van der Waals surface area contributed by atoms with E-state index >= 15 is 0 Å². The third-order valence-corrected chi connectivity index (χ3v) is 7.86. The number of nitrogens with two attached hydrogens (primary N) is 1. The number of carbonyl (C=O) groups is 1.